The lowest BCUT2D eigenvalue weighted by molar-refractivity contribution is -0.139. The number of hydrogen-bond donors (Lipinski definition) is 1. The molecule has 184 valence electrons. The number of rotatable bonds is 6. The van der Waals surface area contributed by atoms with Gasteiger partial charge in [-0.1, -0.05) is 18.2 Å². The highest BCUT2D eigenvalue weighted by molar-refractivity contribution is 5.81. The molecular weight excluding hydrogens is 476 g/mol. The number of hydrogen-bond acceptors (Lipinski definition) is 3. The third-order valence-corrected chi connectivity index (χ3v) is 7.25. The van der Waals surface area contributed by atoms with Gasteiger partial charge in [0.15, 0.2) is 0 Å². The average molecular weight is 496 g/mol. The summed E-state index contributed by atoms with van der Waals surface area (Å²) in [5.74, 6) is -1.18. The SMILES string of the molecule is O=C(O)[C@H]1[C@@H]2Cc3cc(OCc4cc5c(ccn5Cc5ccccc5C(F)(F)F)cc4F)ncc3[C@@H]21. The Kier molecular flexibility index (Phi) is 5.07. The Balaban J connectivity index is 1.22. The molecule has 0 unspecified atom stereocenters. The van der Waals surface area contributed by atoms with Crippen molar-refractivity contribution in [3.05, 3.63) is 94.6 Å². The largest absolute Gasteiger partial charge is 0.481 e. The Labute approximate surface area is 203 Å². The molecule has 0 amide bonds. The van der Waals surface area contributed by atoms with Crippen molar-refractivity contribution in [2.24, 2.45) is 11.8 Å². The van der Waals surface area contributed by atoms with Gasteiger partial charge in [-0.3, -0.25) is 4.79 Å². The highest BCUT2D eigenvalue weighted by atomic mass is 19.4. The number of ether oxygens (including phenoxy) is 1. The molecule has 2 aromatic heterocycles. The van der Waals surface area contributed by atoms with Crippen LogP contribution in [-0.4, -0.2) is 20.6 Å². The van der Waals surface area contributed by atoms with E-state index in [4.69, 9.17) is 4.74 Å². The first-order valence-corrected chi connectivity index (χ1v) is 11.5. The van der Waals surface area contributed by atoms with Gasteiger partial charge in [0.05, 0.1) is 11.5 Å². The molecule has 0 spiro atoms. The molecule has 2 aliphatic rings. The Morgan fingerprint density at radius 3 is 2.72 bits per heavy atom. The molecule has 2 heterocycles. The molecule has 3 atom stereocenters. The number of pyridine rings is 1. The summed E-state index contributed by atoms with van der Waals surface area (Å²) in [5.41, 5.74) is 2.20. The van der Waals surface area contributed by atoms with Gasteiger partial charge < -0.3 is 14.4 Å². The Hall–Kier alpha value is -3.88. The number of halogens is 4. The normalized spacial score (nSPS) is 20.3. The van der Waals surface area contributed by atoms with E-state index in [0.717, 1.165) is 17.2 Å². The topological polar surface area (TPSA) is 64.3 Å². The summed E-state index contributed by atoms with van der Waals surface area (Å²) in [6.45, 7) is -0.125. The molecule has 6 rings (SSSR count). The zero-order valence-electron chi connectivity index (χ0n) is 18.8. The Morgan fingerprint density at radius 2 is 1.94 bits per heavy atom. The van der Waals surface area contributed by atoms with Crippen LogP contribution in [0.4, 0.5) is 17.6 Å². The zero-order chi connectivity index (χ0) is 25.2. The van der Waals surface area contributed by atoms with Crippen LogP contribution in [0.1, 0.15) is 33.7 Å². The van der Waals surface area contributed by atoms with E-state index in [2.05, 4.69) is 4.98 Å². The van der Waals surface area contributed by atoms with Gasteiger partial charge in [0.1, 0.15) is 12.4 Å². The first kappa shape index (κ1) is 22.6. The van der Waals surface area contributed by atoms with Gasteiger partial charge in [-0.05, 0) is 53.3 Å². The van der Waals surface area contributed by atoms with Crippen LogP contribution in [-0.2, 0) is 30.5 Å². The van der Waals surface area contributed by atoms with Crippen molar-refractivity contribution in [3.8, 4) is 5.88 Å². The maximum Gasteiger partial charge on any atom is 0.416 e. The molecule has 5 nitrogen and oxygen atoms in total. The molecule has 0 aliphatic heterocycles. The summed E-state index contributed by atoms with van der Waals surface area (Å²) in [5, 5.41) is 9.83. The van der Waals surface area contributed by atoms with Gasteiger partial charge in [0, 0.05) is 47.4 Å². The van der Waals surface area contributed by atoms with Crippen molar-refractivity contribution in [2.45, 2.75) is 31.7 Å². The van der Waals surface area contributed by atoms with E-state index in [1.807, 2.05) is 0 Å². The van der Waals surface area contributed by atoms with Crippen molar-refractivity contribution in [1.29, 1.82) is 0 Å². The number of carboxylic acid groups (broad SMARTS) is 1. The summed E-state index contributed by atoms with van der Waals surface area (Å²) in [7, 11) is 0. The summed E-state index contributed by atoms with van der Waals surface area (Å²) < 4.78 is 62.4. The molecule has 0 bridgehead atoms. The number of aliphatic carboxylic acids is 1. The Bertz CT molecular complexity index is 1510. The van der Waals surface area contributed by atoms with E-state index in [0.29, 0.717) is 23.2 Å². The van der Waals surface area contributed by atoms with E-state index in [9.17, 15) is 27.5 Å². The molecule has 36 heavy (non-hydrogen) atoms. The molecule has 0 saturated heterocycles. The van der Waals surface area contributed by atoms with Gasteiger partial charge in [-0.2, -0.15) is 13.2 Å². The van der Waals surface area contributed by atoms with Crippen LogP contribution in [0, 0.1) is 17.7 Å². The van der Waals surface area contributed by atoms with Gasteiger partial charge in [-0.25, -0.2) is 9.37 Å². The van der Waals surface area contributed by atoms with Crippen LogP contribution in [0.3, 0.4) is 0 Å². The third kappa shape index (κ3) is 3.79. The number of alkyl halides is 3. The second-order valence-electron chi connectivity index (χ2n) is 9.37. The standard InChI is InChI=1S/C27H20F4N2O3/c28-21-8-14-5-6-33(12-15-3-1-2-4-20(15)27(29,30)31)22(14)9-17(21)13-36-23-10-16-7-18-24(19(16)11-32-23)25(18)26(34)35/h1-6,8-11,18,24-25H,7,12-13H2,(H,34,35)/t18-,24-,25+/m1/s1. The molecular formula is C27H20F4N2O3. The average Bonchev–Trinajstić information content (AvgIpc) is 3.23. The lowest BCUT2D eigenvalue weighted by Crippen LogP contribution is -2.11. The summed E-state index contributed by atoms with van der Waals surface area (Å²) in [6, 6.07) is 11.8. The van der Waals surface area contributed by atoms with Crippen LogP contribution >= 0.6 is 0 Å². The van der Waals surface area contributed by atoms with Gasteiger partial charge >= 0.3 is 12.1 Å². The molecule has 4 aromatic rings. The minimum Gasteiger partial charge on any atom is -0.481 e. The fraction of sp³-hybridized carbons (Fsp3) is 0.259. The van der Waals surface area contributed by atoms with Crippen LogP contribution in [0.15, 0.2) is 60.9 Å². The van der Waals surface area contributed by atoms with E-state index in [1.165, 1.54) is 18.2 Å². The number of fused-ring (bicyclic) bond motifs is 4. The lowest BCUT2D eigenvalue weighted by atomic mass is 10.0. The van der Waals surface area contributed by atoms with Crippen molar-refractivity contribution >= 4 is 16.9 Å². The summed E-state index contributed by atoms with van der Waals surface area (Å²) in [4.78, 5) is 15.5. The van der Waals surface area contributed by atoms with Crippen molar-refractivity contribution in [1.82, 2.24) is 9.55 Å². The summed E-state index contributed by atoms with van der Waals surface area (Å²) in [6.07, 6.45) is -0.535. The molecule has 9 heteroatoms. The first-order valence-electron chi connectivity index (χ1n) is 11.5. The van der Waals surface area contributed by atoms with E-state index in [1.54, 1.807) is 41.2 Å². The molecule has 2 aliphatic carbocycles. The number of aromatic nitrogens is 2. The van der Waals surface area contributed by atoms with Gasteiger partial charge in [-0.15, -0.1) is 0 Å². The summed E-state index contributed by atoms with van der Waals surface area (Å²) >= 11 is 0. The highest BCUT2D eigenvalue weighted by Crippen LogP contribution is 2.61. The van der Waals surface area contributed by atoms with E-state index < -0.39 is 23.5 Å². The molecule has 1 saturated carbocycles. The smallest absolute Gasteiger partial charge is 0.416 e. The highest BCUT2D eigenvalue weighted by Gasteiger charge is 2.59. The molecule has 1 fully saturated rings. The number of benzene rings is 2. The van der Waals surface area contributed by atoms with Crippen LogP contribution in [0.25, 0.3) is 10.9 Å². The minimum atomic E-state index is -4.47. The maximum absolute atomic E-state index is 14.8. The van der Waals surface area contributed by atoms with Crippen LogP contribution in [0.2, 0.25) is 0 Å². The number of carbonyl (C=O) groups is 1. The third-order valence-electron chi connectivity index (χ3n) is 7.25. The zero-order valence-corrected chi connectivity index (χ0v) is 18.8. The van der Waals surface area contributed by atoms with E-state index in [-0.39, 0.29) is 42.0 Å². The fourth-order valence-electron chi connectivity index (χ4n) is 5.46. The molecule has 1 N–H and O–H groups in total. The first-order chi connectivity index (χ1) is 17.2. The Morgan fingerprint density at radius 1 is 1.14 bits per heavy atom. The predicted molar refractivity (Wildman–Crippen MR) is 122 cm³/mol. The monoisotopic (exact) mass is 496 g/mol. The van der Waals surface area contributed by atoms with Crippen molar-refractivity contribution in [3.63, 3.8) is 0 Å². The minimum absolute atomic E-state index is 0.00849. The predicted octanol–water partition coefficient (Wildman–Crippen LogP) is 5.79. The van der Waals surface area contributed by atoms with Crippen molar-refractivity contribution in [2.75, 3.05) is 0 Å². The fourth-order valence-corrected chi connectivity index (χ4v) is 5.46. The maximum atomic E-state index is 14.8. The van der Waals surface area contributed by atoms with Crippen LogP contribution < -0.4 is 4.74 Å². The van der Waals surface area contributed by atoms with E-state index >= 15 is 0 Å². The van der Waals surface area contributed by atoms with Crippen LogP contribution in [0.5, 0.6) is 5.88 Å². The number of nitrogens with zero attached hydrogens (tertiary/aromatic N) is 2. The molecule has 0 radical (unpaired) electrons. The second kappa shape index (κ2) is 8.08. The number of carboxylic acids is 1. The van der Waals surface area contributed by atoms with Gasteiger partial charge in [0.2, 0.25) is 5.88 Å². The van der Waals surface area contributed by atoms with Crippen molar-refractivity contribution < 1.29 is 32.2 Å². The lowest BCUT2D eigenvalue weighted by Gasteiger charge is -2.14. The quantitative estimate of drug-likeness (QED) is 0.343. The second-order valence-corrected chi connectivity index (χ2v) is 9.37. The van der Waals surface area contributed by atoms with Gasteiger partial charge in [0.25, 0.3) is 0 Å². The molecule has 2 aromatic carbocycles.